The van der Waals surface area contributed by atoms with Crippen LogP contribution in [-0.4, -0.2) is 19.1 Å². The van der Waals surface area contributed by atoms with Crippen molar-refractivity contribution in [1.29, 1.82) is 0 Å². The van der Waals surface area contributed by atoms with Crippen molar-refractivity contribution in [3.63, 3.8) is 0 Å². The van der Waals surface area contributed by atoms with Gasteiger partial charge < -0.3 is 10.6 Å². The smallest absolute Gasteiger partial charge is 0.0396 e. The fourth-order valence-electron chi connectivity index (χ4n) is 2.17. The minimum absolute atomic E-state index is 0.357. The molecule has 2 heteroatoms. The lowest BCUT2D eigenvalue weighted by Crippen LogP contribution is -2.26. The van der Waals surface area contributed by atoms with Crippen molar-refractivity contribution in [3.8, 4) is 0 Å². The van der Waals surface area contributed by atoms with E-state index >= 15 is 0 Å². The van der Waals surface area contributed by atoms with Crippen LogP contribution in [-0.2, 0) is 0 Å². The normalized spacial score (nSPS) is 21.6. The minimum atomic E-state index is 0.357. The Balaban J connectivity index is 2.24. The van der Waals surface area contributed by atoms with Crippen molar-refractivity contribution >= 4 is 5.69 Å². The minimum Gasteiger partial charge on any atom is -0.370 e. The summed E-state index contributed by atoms with van der Waals surface area (Å²) in [6.45, 7) is 6.41. The van der Waals surface area contributed by atoms with E-state index in [4.69, 9.17) is 5.73 Å². The second-order valence-electron chi connectivity index (χ2n) is 4.28. The zero-order chi connectivity index (χ0) is 10.1. The molecule has 76 valence electrons. The van der Waals surface area contributed by atoms with Crippen molar-refractivity contribution in [2.24, 2.45) is 5.73 Å². The van der Waals surface area contributed by atoms with Crippen LogP contribution >= 0.6 is 0 Å². The molecule has 1 aromatic carbocycles. The number of nitrogens with zero attached hydrogens (tertiary/aromatic N) is 1. The van der Waals surface area contributed by atoms with Crippen molar-refractivity contribution < 1.29 is 0 Å². The molecule has 1 heterocycles. The molecule has 1 fully saturated rings. The van der Waals surface area contributed by atoms with Crippen LogP contribution in [0, 0.1) is 13.8 Å². The molecule has 1 aromatic rings. The van der Waals surface area contributed by atoms with Gasteiger partial charge in [-0.1, -0.05) is 17.7 Å². The number of hydrogen-bond donors (Lipinski definition) is 1. The predicted octanol–water partition coefficient (Wildman–Crippen LogP) is 1.84. The molecule has 1 saturated heterocycles. The molecule has 0 spiro atoms. The van der Waals surface area contributed by atoms with Gasteiger partial charge in [0.05, 0.1) is 0 Å². The monoisotopic (exact) mass is 190 g/mol. The fourth-order valence-corrected chi connectivity index (χ4v) is 2.17. The molecule has 2 nitrogen and oxygen atoms in total. The van der Waals surface area contributed by atoms with E-state index in [1.54, 1.807) is 0 Å². The molecule has 0 amide bonds. The molecule has 0 unspecified atom stereocenters. The Labute approximate surface area is 85.7 Å². The summed E-state index contributed by atoms with van der Waals surface area (Å²) in [5.41, 5.74) is 9.94. The molecule has 1 aliphatic rings. The van der Waals surface area contributed by atoms with E-state index in [1.165, 1.54) is 16.8 Å². The van der Waals surface area contributed by atoms with Crippen LogP contribution in [0.5, 0.6) is 0 Å². The van der Waals surface area contributed by atoms with E-state index in [2.05, 4.69) is 36.9 Å². The summed E-state index contributed by atoms with van der Waals surface area (Å²) in [4.78, 5) is 2.39. The number of aryl methyl sites for hydroxylation is 2. The maximum absolute atomic E-state index is 5.90. The molecule has 2 rings (SSSR count). The van der Waals surface area contributed by atoms with Gasteiger partial charge in [0.1, 0.15) is 0 Å². The molecule has 0 radical (unpaired) electrons. The number of benzene rings is 1. The van der Waals surface area contributed by atoms with Crippen LogP contribution in [0.15, 0.2) is 18.2 Å². The molecular formula is C12H18N2. The molecular weight excluding hydrogens is 172 g/mol. The van der Waals surface area contributed by atoms with Crippen LogP contribution in [0.3, 0.4) is 0 Å². The average molecular weight is 190 g/mol. The molecule has 2 N–H and O–H groups in total. The molecule has 0 aromatic heterocycles. The van der Waals surface area contributed by atoms with Crippen LogP contribution in [0.2, 0.25) is 0 Å². The van der Waals surface area contributed by atoms with Crippen molar-refractivity contribution in [1.82, 2.24) is 0 Å². The van der Waals surface area contributed by atoms with Crippen LogP contribution in [0.25, 0.3) is 0 Å². The van der Waals surface area contributed by atoms with Gasteiger partial charge in [-0.05, 0) is 31.9 Å². The molecule has 1 atom stereocenters. The number of rotatable bonds is 1. The summed E-state index contributed by atoms with van der Waals surface area (Å²) in [5, 5.41) is 0. The van der Waals surface area contributed by atoms with E-state index in [0.717, 1.165) is 19.5 Å². The zero-order valence-corrected chi connectivity index (χ0v) is 8.96. The van der Waals surface area contributed by atoms with Gasteiger partial charge in [0.2, 0.25) is 0 Å². The summed E-state index contributed by atoms with van der Waals surface area (Å²) in [7, 11) is 0. The number of anilines is 1. The van der Waals surface area contributed by atoms with Gasteiger partial charge in [0, 0.05) is 24.8 Å². The van der Waals surface area contributed by atoms with E-state index in [9.17, 15) is 0 Å². The highest BCUT2D eigenvalue weighted by atomic mass is 15.2. The Morgan fingerprint density at radius 1 is 1.36 bits per heavy atom. The standard InChI is InChI=1S/C12H18N2/c1-9-3-4-12(10(2)7-9)14-6-5-11(13)8-14/h3-4,7,11H,5-6,8,13H2,1-2H3/t11-/m1/s1. The Morgan fingerprint density at radius 3 is 2.71 bits per heavy atom. The van der Waals surface area contributed by atoms with Gasteiger partial charge in [-0.2, -0.15) is 0 Å². The molecule has 0 aliphatic carbocycles. The van der Waals surface area contributed by atoms with Crippen LogP contribution < -0.4 is 10.6 Å². The van der Waals surface area contributed by atoms with Gasteiger partial charge in [0.15, 0.2) is 0 Å². The van der Waals surface area contributed by atoms with Crippen LogP contribution in [0.4, 0.5) is 5.69 Å². The summed E-state index contributed by atoms with van der Waals surface area (Å²) >= 11 is 0. The van der Waals surface area contributed by atoms with Gasteiger partial charge in [-0.3, -0.25) is 0 Å². The molecule has 1 aliphatic heterocycles. The average Bonchev–Trinajstić information content (AvgIpc) is 2.51. The van der Waals surface area contributed by atoms with E-state index in [1.807, 2.05) is 0 Å². The first kappa shape index (κ1) is 9.53. The highest BCUT2D eigenvalue weighted by Crippen LogP contribution is 2.24. The van der Waals surface area contributed by atoms with Gasteiger partial charge in [-0.15, -0.1) is 0 Å². The Hall–Kier alpha value is -1.02. The van der Waals surface area contributed by atoms with Crippen LogP contribution in [0.1, 0.15) is 17.5 Å². The maximum atomic E-state index is 5.90. The topological polar surface area (TPSA) is 29.3 Å². The van der Waals surface area contributed by atoms with Crippen molar-refractivity contribution in [2.75, 3.05) is 18.0 Å². The Morgan fingerprint density at radius 2 is 2.14 bits per heavy atom. The SMILES string of the molecule is Cc1ccc(N2CC[C@@H](N)C2)c(C)c1. The maximum Gasteiger partial charge on any atom is 0.0396 e. The summed E-state index contributed by atoms with van der Waals surface area (Å²) in [5.74, 6) is 0. The zero-order valence-electron chi connectivity index (χ0n) is 8.96. The lowest BCUT2D eigenvalue weighted by molar-refractivity contribution is 0.752. The van der Waals surface area contributed by atoms with E-state index < -0.39 is 0 Å². The van der Waals surface area contributed by atoms with Crippen molar-refractivity contribution in [2.45, 2.75) is 26.3 Å². The molecule has 0 bridgehead atoms. The van der Waals surface area contributed by atoms with Gasteiger partial charge in [-0.25, -0.2) is 0 Å². The highest BCUT2D eigenvalue weighted by molar-refractivity contribution is 5.55. The third-order valence-corrected chi connectivity index (χ3v) is 2.92. The summed E-state index contributed by atoms with van der Waals surface area (Å²) in [6.07, 6.45) is 1.12. The van der Waals surface area contributed by atoms with Gasteiger partial charge >= 0.3 is 0 Å². The number of nitrogens with two attached hydrogens (primary N) is 1. The first-order valence-corrected chi connectivity index (χ1v) is 5.24. The summed E-state index contributed by atoms with van der Waals surface area (Å²) < 4.78 is 0. The lowest BCUT2D eigenvalue weighted by atomic mass is 10.1. The fraction of sp³-hybridized carbons (Fsp3) is 0.500. The third-order valence-electron chi connectivity index (χ3n) is 2.92. The third kappa shape index (κ3) is 1.75. The second-order valence-corrected chi connectivity index (χ2v) is 4.28. The lowest BCUT2D eigenvalue weighted by Gasteiger charge is -2.20. The van der Waals surface area contributed by atoms with E-state index in [-0.39, 0.29) is 0 Å². The Kier molecular flexibility index (Phi) is 2.46. The first-order valence-electron chi connectivity index (χ1n) is 5.24. The van der Waals surface area contributed by atoms with Crippen molar-refractivity contribution in [3.05, 3.63) is 29.3 Å². The number of hydrogen-bond acceptors (Lipinski definition) is 2. The first-order chi connectivity index (χ1) is 6.66. The summed E-state index contributed by atoms with van der Waals surface area (Å²) in [6, 6.07) is 6.98. The molecule has 0 saturated carbocycles. The largest absolute Gasteiger partial charge is 0.370 e. The second kappa shape index (κ2) is 3.62. The van der Waals surface area contributed by atoms with E-state index in [0.29, 0.717) is 6.04 Å². The van der Waals surface area contributed by atoms with Gasteiger partial charge in [0.25, 0.3) is 0 Å². The Bertz CT molecular complexity index is 333. The highest BCUT2D eigenvalue weighted by Gasteiger charge is 2.20. The quantitative estimate of drug-likeness (QED) is 0.732. The predicted molar refractivity (Wildman–Crippen MR) is 60.7 cm³/mol. The molecule has 14 heavy (non-hydrogen) atoms.